The van der Waals surface area contributed by atoms with Crippen molar-refractivity contribution in [3.05, 3.63) is 29.3 Å². The molecule has 0 amide bonds. The van der Waals surface area contributed by atoms with Crippen molar-refractivity contribution in [3.63, 3.8) is 0 Å². The first-order valence-corrected chi connectivity index (χ1v) is 4.87. The fraction of sp³-hybridized carbons (Fsp3) is 0.364. The Bertz CT molecular complexity index is 395. The lowest BCUT2D eigenvalue weighted by Gasteiger charge is -2.05. The molecule has 1 unspecified atom stereocenters. The highest BCUT2D eigenvalue weighted by molar-refractivity contribution is 5.85. The van der Waals surface area contributed by atoms with E-state index in [1.54, 1.807) is 6.07 Å². The van der Waals surface area contributed by atoms with E-state index in [9.17, 15) is 4.79 Å². The van der Waals surface area contributed by atoms with Gasteiger partial charge in [0.2, 0.25) is 0 Å². The topological polar surface area (TPSA) is 72.5 Å². The molecule has 1 atom stereocenters. The summed E-state index contributed by atoms with van der Waals surface area (Å²) < 4.78 is 5.09. The van der Waals surface area contributed by atoms with E-state index in [0.29, 0.717) is 5.75 Å². The van der Waals surface area contributed by atoms with E-state index in [4.69, 9.17) is 15.6 Å². The predicted molar refractivity (Wildman–Crippen MR) is 62.2 cm³/mol. The molecule has 0 aliphatic heterocycles. The summed E-state index contributed by atoms with van der Waals surface area (Å²) in [5, 5.41) is 8.47. The zero-order valence-corrected chi connectivity index (χ0v) is 9.50. The van der Waals surface area contributed by atoms with Crippen LogP contribution in [0.3, 0.4) is 0 Å². The van der Waals surface area contributed by atoms with Crippen LogP contribution < -0.4 is 10.5 Å². The molecule has 4 nitrogen and oxygen atoms in total. The highest BCUT2D eigenvalue weighted by Crippen LogP contribution is 2.25. The second-order valence-corrected chi connectivity index (χ2v) is 3.78. The van der Waals surface area contributed by atoms with Crippen LogP contribution in [-0.2, 0) is 17.6 Å². The quantitative estimate of drug-likeness (QED) is 0.831. The predicted octanol–water partition coefficient (Wildman–Crippen LogP) is 0.998. The molecule has 1 aliphatic rings. The molecular formula is C11H14ClNO3. The number of fused-ring (bicyclic) bond motifs is 1. The molecule has 2 rings (SSSR count). The molecule has 16 heavy (non-hydrogen) atoms. The Morgan fingerprint density at radius 3 is 2.81 bits per heavy atom. The normalized spacial score (nSPS) is 17.4. The number of rotatable bonds is 3. The molecule has 0 heterocycles. The van der Waals surface area contributed by atoms with Gasteiger partial charge in [-0.05, 0) is 36.1 Å². The average Bonchev–Trinajstić information content (AvgIpc) is 2.53. The standard InChI is InChI=1S/C11H13NO3.ClH/c12-9-3-7-1-2-10(5-8(7)4-9)15-6-11(13)14;/h1-2,5,9H,3-4,6,12H2,(H,13,14);1H. The Morgan fingerprint density at radius 2 is 2.12 bits per heavy atom. The largest absolute Gasteiger partial charge is 0.482 e. The van der Waals surface area contributed by atoms with Crippen LogP contribution in [0.1, 0.15) is 11.1 Å². The van der Waals surface area contributed by atoms with E-state index in [0.717, 1.165) is 12.8 Å². The smallest absolute Gasteiger partial charge is 0.341 e. The summed E-state index contributed by atoms with van der Waals surface area (Å²) >= 11 is 0. The molecule has 0 bridgehead atoms. The van der Waals surface area contributed by atoms with E-state index in [-0.39, 0.29) is 25.1 Å². The molecule has 0 aromatic heterocycles. The minimum atomic E-state index is -0.966. The minimum Gasteiger partial charge on any atom is -0.482 e. The lowest BCUT2D eigenvalue weighted by molar-refractivity contribution is -0.139. The van der Waals surface area contributed by atoms with Crippen molar-refractivity contribution in [3.8, 4) is 5.75 Å². The van der Waals surface area contributed by atoms with Gasteiger partial charge in [-0.25, -0.2) is 4.79 Å². The number of hydrogen-bond donors (Lipinski definition) is 2. The van der Waals surface area contributed by atoms with E-state index < -0.39 is 5.97 Å². The molecule has 1 aliphatic carbocycles. The highest BCUT2D eigenvalue weighted by Gasteiger charge is 2.18. The summed E-state index contributed by atoms with van der Waals surface area (Å²) in [6.07, 6.45) is 1.74. The van der Waals surface area contributed by atoms with Crippen molar-refractivity contribution in [2.45, 2.75) is 18.9 Å². The average molecular weight is 244 g/mol. The van der Waals surface area contributed by atoms with E-state index in [1.165, 1.54) is 11.1 Å². The van der Waals surface area contributed by atoms with Crippen molar-refractivity contribution < 1.29 is 14.6 Å². The summed E-state index contributed by atoms with van der Waals surface area (Å²) in [6, 6.07) is 5.82. The summed E-state index contributed by atoms with van der Waals surface area (Å²) in [6.45, 7) is -0.301. The third-order valence-corrected chi connectivity index (χ3v) is 2.50. The molecular weight excluding hydrogens is 230 g/mol. The fourth-order valence-electron chi connectivity index (χ4n) is 1.86. The van der Waals surface area contributed by atoms with Crippen LogP contribution in [0.4, 0.5) is 0 Å². The molecule has 0 radical (unpaired) electrons. The minimum absolute atomic E-state index is 0. The van der Waals surface area contributed by atoms with E-state index in [1.807, 2.05) is 12.1 Å². The Hall–Kier alpha value is -1.26. The summed E-state index contributed by atoms with van der Waals surface area (Å²) in [5.74, 6) is -0.363. The second kappa shape index (κ2) is 5.18. The zero-order valence-electron chi connectivity index (χ0n) is 8.68. The van der Waals surface area contributed by atoms with Gasteiger partial charge in [0.25, 0.3) is 0 Å². The first kappa shape index (κ1) is 12.8. The Labute approximate surface area is 99.8 Å². The van der Waals surface area contributed by atoms with Crippen LogP contribution in [0, 0.1) is 0 Å². The molecule has 1 aromatic carbocycles. The Morgan fingerprint density at radius 1 is 1.44 bits per heavy atom. The number of benzene rings is 1. The van der Waals surface area contributed by atoms with Gasteiger partial charge in [-0.1, -0.05) is 6.07 Å². The monoisotopic (exact) mass is 243 g/mol. The number of carbonyl (C=O) groups is 1. The van der Waals surface area contributed by atoms with Crippen molar-refractivity contribution in [1.29, 1.82) is 0 Å². The zero-order chi connectivity index (χ0) is 10.8. The summed E-state index contributed by atoms with van der Waals surface area (Å²) in [7, 11) is 0. The summed E-state index contributed by atoms with van der Waals surface area (Å²) in [4.78, 5) is 10.3. The SMILES string of the molecule is Cl.NC1Cc2ccc(OCC(=O)O)cc2C1. The van der Waals surface area contributed by atoms with Crippen LogP contribution in [0.5, 0.6) is 5.75 Å². The van der Waals surface area contributed by atoms with Crippen molar-refractivity contribution in [2.75, 3.05) is 6.61 Å². The van der Waals surface area contributed by atoms with Crippen molar-refractivity contribution in [2.24, 2.45) is 5.73 Å². The van der Waals surface area contributed by atoms with Crippen molar-refractivity contribution in [1.82, 2.24) is 0 Å². The highest BCUT2D eigenvalue weighted by atomic mass is 35.5. The van der Waals surface area contributed by atoms with Gasteiger partial charge in [-0.2, -0.15) is 0 Å². The van der Waals surface area contributed by atoms with Crippen LogP contribution >= 0.6 is 12.4 Å². The number of hydrogen-bond acceptors (Lipinski definition) is 3. The number of aliphatic carboxylic acids is 1. The van der Waals surface area contributed by atoms with Gasteiger partial charge in [-0.3, -0.25) is 0 Å². The number of nitrogens with two attached hydrogens (primary N) is 1. The molecule has 5 heteroatoms. The lowest BCUT2D eigenvalue weighted by atomic mass is 10.1. The number of carboxylic acid groups (broad SMARTS) is 1. The Balaban J connectivity index is 0.00000128. The third-order valence-electron chi connectivity index (χ3n) is 2.50. The van der Waals surface area contributed by atoms with Gasteiger partial charge in [0.05, 0.1) is 0 Å². The van der Waals surface area contributed by atoms with Gasteiger partial charge in [0.1, 0.15) is 5.75 Å². The van der Waals surface area contributed by atoms with E-state index in [2.05, 4.69) is 0 Å². The first-order chi connectivity index (χ1) is 7.15. The third kappa shape index (κ3) is 2.87. The maximum absolute atomic E-state index is 10.3. The van der Waals surface area contributed by atoms with Gasteiger partial charge < -0.3 is 15.6 Å². The van der Waals surface area contributed by atoms with Gasteiger partial charge in [-0.15, -0.1) is 12.4 Å². The maximum Gasteiger partial charge on any atom is 0.341 e. The van der Waals surface area contributed by atoms with Gasteiger partial charge in [0.15, 0.2) is 6.61 Å². The summed E-state index contributed by atoms with van der Waals surface area (Å²) in [5.41, 5.74) is 8.23. The lowest BCUT2D eigenvalue weighted by Crippen LogP contribution is -2.18. The van der Waals surface area contributed by atoms with Crippen LogP contribution in [-0.4, -0.2) is 23.7 Å². The van der Waals surface area contributed by atoms with Crippen molar-refractivity contribution >= 4 is 18.4 Å². The van der Waals surface area contributed by atoms with Crippen LogP contribution in [0.15, 0.2) is 18.2 Å². The first-order valence-electron chi connectivity index (χ1n) is 4.87. The maximum atomic E-state index is 10.3. The van der Waals surface area contributed by atoms with Crippen LogP contribution in [0.25, 0.3) is 0 Å². The van der Waals surface area contributed by atoms with Gasteiger partial charge >= 0.3 is 5.97 Å². The number of halogens is 1. The van der Waals surface area contributed by atoms with E-state index >= 15 is 0 Å². The fourth-order valence-corrected chi connectivity index (χ4v) is 1.86. The molecule has 0 saturated carbocycles. The number of ether oxygens (including phenoxy) is 1. The Kier molecular flexibility index (Phi) is 4.15. The second-order valence-electron chi connectivity index (χ2n) is 3.78. The number of carboxylic acids is 1. The van der Waals surface area contributed by atoms with Crippen LogP contribution in [0.2, 0.25) is 0 Å². The molecule has 88 valence electrons. The molecule has 1 aromatic rings. The molecule has 0 saturated heterocycles. The van der Waals surface area contributed by atoms with Gasteiger partial charge in [0, 0.05) is 6.04 Å². The molecule has 0 spiro atoms. The molecule has 3 N–H and O–H groups in total. The molecule has 0 fully saturated rings.